The molecule has 1 aliphatic carbocycles. The van der Waals surface area contributed by atoms with Crippen LogP contribution in [0.1, 0.15) is 67.1 Å². The highest BCUT2D eigenvalue weighted by Gasteiger charge is 2.25. The number of hydrogen-bond donors (Lipinski definition) is 2. The molecule has 1 aliphatic rings. The quantitative estimate of drug-likeness (QED) is 0.896. The average molecular weight is 341 g/mol. The van der Waals surface area contributed by atoms with Gasteiger partial charge in [-0.1, -0.05) is 31.5 Å². The van der Waals surface area contributed by atoms with Crippen molar-refractivity contribution in [1.29, 1.82) is 0 Å². The average Bonchev–Trinajstić information content (AvgIpc) is 3.03. The first kappa shape index (κ1) is 17.7. The lowest BCUT2D eigenvalue weighted by molar-refractivity contribution is 0.0866. The molecule has 1 fully saturated rings. The third-order valence-corrected chi connectivity index (χ3v) is 4.91. The molecule has 1 heterocycles. The molecular weight excluding hydrogens is 314 g/mol. The second-order valence-electron chi connectivity index (χ2n) is 7.32. The maximum absolute atomic E-state index is 12.8. The molecule has 1 aromatic carbocycles. The molecule has 1 aromatic heterocycles. The van der Waals surface area contributed by atoms with Crippen molar-refractivity contribution in [2.75, 3.05) is 0 Å². The number of aromatic nitrogens is 2. The van der Waals surface area contributed by atoms with Crippen LogP contribution in [0.4, 0.5) is 0 Å². The number of carbonyl (C=O) groups is 1. The Morgan fingerprint density at radius 1 is 1.20 bits per heavy atom. The molecule has 0 spiro atoms. The number of hydrogen-bond acceptors (Lipinski definition) is 3. The number of nitrogens with one attached hydrogen (secondary N) is 1. The summed E-state index contributed by atoms with van der Waals surface area (Å²) >= 11 is 0. The van der Waals surface area contributed by atoms with Gasteiger partial charge in [0.15, 0.2) is 0 Å². The van der Waals surface area contributed by atoms with Crippen LogP contribution in [0.15, 0.2) is 30.5 Å². The van der Waals surface area contributed by atoms with Gasteiger partial charge in [0.05, 0.1) is 29.2 Å². The molecule has 0 aliphatic heterocycles. The number of rotatable bonds is 4. The van der Waals surface area contributed by atoms with Crippen molar-refractivity contribution >= 4 is 5.91 Å². The summed E-state index contributed by atoms with van der Waals surface area (Å²) in [7, 11) is 0. The summed E-state index contributed by atoms with van der Waals surface area (Å²) in [4.78, 5) is 12.8. The zero-order valence-electron chi connectivity index (χ0n) is 15.2. The van der Waals surface area contributed by atoms with Crippen LogP contribution in [0.2, 0.25) is 0 Å². The number of aryl methyl sites for hydroxylation is 1. The molecule has 134 valence electrons. The van der Waals surface area contributed by atoms with E-state index in [-0.39, 0.29) is 24.0 Å². The standard InChI is InChI=1S/C20H27N3O2/c1-13(2)19-18(20(25)22-15-6-10-17(24)11-7-15)12-21-23(19)16-8-4-14(3)5-9-16/h4-5,8-9,12-13,15,17,24H,6-7,10-11H2,1-3H3,(H,22,25). The molecule has 1 saturated carbocycles. The van der Waals surface area contributed by atoms with Crippen LogP contribution < -0.4 is 5.32 Å². The van der Waals surface area contributed by atoms with Crippen molar-refractivity contribution in [3.63, 3.8) is 0 Å². The Morgan fingerprint density at radius 2 is 1.84 bits per heavy atom. The highest BCUT2D eigenvalue weighted by molar-refractivity contribution is 5.95. The molecule has 2 N–H and O–H groups in total. The van der Waals surface area contributed by atoms with Gasteiger partial charge in [-0.3, -0.25) is 4.79 Å². The van der Waals surface area contributed by atoms with E-state index in [4.69, 9.17) is 0 Å². The van der Waals surface area contributed by atoms with Gasteiger partial charge >= 0.3 is 0 Å². The molecule has 3 rings (SSSR count). The van der Waals surface area contributed by atoms with Crippen LogP contribution in [0.3, 0.4) is 0 Å². The first-order chi connectivity index (χ1) is 12.0. The molecule has 0 bridgehead atoms. The monoisotopic (exact) mass is 341 g/mol. The predicted molar refractivity (Wildman–Crippen MR) is 98.1 cm³/mol. The largest absolute Gasteiger partial charge is 0.393 e. The minimum Gasteiger partial charge on any atom is -0.393 e. The zero-order valence-corrected chi connectivity index (χ0v) is 15.2. The number of carbonyl (C=O) groups excluding carboxylic acids is 1. The molecule has 5 heteroatoms. The summed E-state index contributed by atoms with van der Waals surface area (Å²) < 4.78 is 1.86. The van der Waals surface area contributed by atoms with Gasteiger partial charge in [-0.25, -0.2) is 4.68 Å². The van der Waals surface area contributed by atoms with Crippen LogP contribution in [-0.2, 0) is 0 Å². The Morgan fingerprint density at radius 3 is 2.44 bits per heavy atom. The lowest BCUT2D eigenvalue weighted by atomic mass is 9.93. The number of amides is 1. The first-order valence-electron chi connectivity index (χ1n) is 9.09. The summed E-state index contributed by atoms with van der Waals surface area (Å²) in [5.74, 6) is 0.112. The summed E-state index contributed by atoms with van der Waals surface area (Å²) in [5, 5.41) is 17.2. The van der Waals surface area contributed by atoms with Crippen molar-refractivity contribution in [2.45, 2.75) is 64.5 Å². The van der Waals surface area contributed by atoms with E-state index < -0.39 is 0 Å². The Labute approximate surface area is 149 Å². The SMILES string of the molecule is Cc1ccc(-n2ncc(C(=O)NC3CCC(O)CC3)c2C(C)C)cc1. The summed E-state index contributed by atoms with van der Waals surface area (Å²) in [5.41, 5.74) is 3.73. The molecule has 1 amide bonds. The van der Waals surface area contributed by atoms with Crippen molar-refractivity contribution < 1.29 is 9.90 Å². The zero-order chi connectivity index (χ0) is 18.0. The van der Waals surface area contributed by atoms with E-state index in [1.54, 1.807) is 6.20 Å². The third kappa shape index (κ3) is 3.93. The summed E-state index contributed by atoms with van der Waals surface area (Å²) in [6, 6.07) is 8.29. The van der Waals surface area contributed by atoms with Gasteiger partial charge in [-0.15, -0.1) is 0 Å². The van der Waals surface area contributed by atoms with Gasteiger partial charge in [0.1, 0.15) is 0 Å². The lowest BCUT2D eigenvalue weighted by Gasteiger charge is -2.26. The maximum atomic E-state index is 12.8. The first-order valence-corrected chi connectivity index (χ1v) is 9.09. The summed E-state index contributed by atoms with van der Waals surface area (Å²) in [6.45, 7) is 6.21. The topological polar surface area (TPSA) is 67.2 Å². The van der Waals surface area contributed by atoms with Gasteiger partial charge < -0.3 is 10.4 Å². The van der Waals surface area contributed by atoms with Gasteiger partial charge in [0.25, 0.3) is 5.91 Å². The van der Waals surface area contributed by atoms with Crippen LogP contribution in [0.25, 0.3) is 5.69 Å². The van der Waals surface area contributed by atoms with Crippen molar-refractivity contribution in [3.05, 3.63) is 47.3 Å². The fraction of sp³-hybridized carbons (Fsp3) is 0.500. The van der Waals surface area contributed by atoms with Crippen molar-refractivity contribution in [1.82, 2.24) is 15.1 Å². The Hall–Kier alpha value is -2.14. The lowest BCUT2D eigenvalue weighted by Crippen LogP contribution is -2.38. The fourth-order valence-corrected chi connectivity index (χ4v) is 3.46. The van der Waals surface area contributed by atoms with Crippen molar-refractivity contribution in [2.24, 2.45) is 0 Å². The Kier molecular flexibility index (Phi) is 5.23. The van der Waals surface area contributed by atoms with Crippen LogP contribution in [0, 0.1) is 6.92 Å². The number of aliphatic hydroxyl groups is 1. The third-order valence-electron chi connectivity index (χ3n) is 4.91. The van der Waals surface area contributed by atoms with E-state index in [1.807, 2.05) is 28.9 Å². The van der Waals surface area contributed by atoms with Crippen LogP contribution in [0.5, 0.6) is 0 Å². The number of aliphatic hydroxyl groups excluding tert-OH is 1. The smallest absolute Gasteiger partial charge is 0.255 e. The Bertz CT molecular complexity index is 726. The molecule has 0 saturated heterocycles. The predicted octanol–water partition coefficient (Wildman–Crippen LogP) is 3.34. The molecular formula is C20H27N3O2. The number of nitrogens with zero attached hydrogens (tertiary/aromatic N) is 2. The van der Waals surface area contributed by atoms with E-state index >= 15 is 0 Å². The normalized spacial score (nSPS) is 20.7. The molecule has 2 aromatic rings. The van der Waals surface area contributed by atoms with Gasteiger partial charge in [-0.05, 0) is 50.7 Å². The molecule has 0 unspecified atom stereocenters. The van der Waals surface area contributed by atoms with E-state index in [1.165, 1.54) is 5.56 Å². The minimum atomic E-state index is -0.219. The summed E-state index contributed by atoms with van der Waals surface area (Å²) in [6.07, 6.45) is 4.62. The minimum absolute atomic E-state index is 0.0662. The highest BCUT2D eigenvalue weighted by Crippen LogP contribution is 2.24. The molecule has 0 radical (unpaired) electrons. The molecule has 0 atom stereocenters. The molecule has 25 heavy (non-hydrogen) atoms. The van der Waals surface area contributed by atoms with E-state index in [9.17, 15) is 9.90 Å². The van der Waals surface area contributed by atoms with Gasteiger partial charge in [0.2, 0.25) is 0 Å². The van der Waals surface area contributed by atoms with Gasteiger partial charge in [-0.2, -0.15) is 5.10 Å². The van der Waals surface area contributed by atoms with Crippen LogP contribution >= 0.6 is 0 Å². The van der Waals surface area contributed by atoms with Crippen molar-refractivity contribution in [3.8, 4) is 5.69 Å². The van der Waals surface area contributed by atoms with E-state index in [0.717, 1.165) is 37.1 Å². The van der Waals surface area contributed by atoms with E-state index in [2.05, 4.69) is 31.2 Å². The maximum Gasteiger partial charge on any atom is 0.255 e. The van der Waals surface area contributed by atoms with E-state index in [0.29, 0.717) is 5.56 Å². The van der Waals surface area contributed by atoms with Gasteiger partial charge in [0, 0.05) is 6.04 Å². The fourth-order valence-electron chi connectivity index (χ4n) is 3.46. The molecule has 5 nitrogen and oxygen atoms in total. The van der Waals surface area contributed by atoms with Crippen LogP contribution in [-0.4, -0.2) is 32.9 Å². The second-order valence-corrected chi connectivity index (χ2v) is 7.32. The number of benzene rings is 1. The second kappa shape index (κ2) is 7.40. The Balaban J connectivity index is 1.84. The highest BCUT2D eigenvalue weighted by atomic mass is 16.3.